The van der Waals surface area contributed by atoms with Crippen molar-refractivity contribution in [1.82, 2.24) is 0 Å². The van der Waals surface area contributed by atoms with Crippen LogP contribution in [0.25, 0.3) is 0 Å². The first kappa shape index (κ1) is 41.3. The van der Waals surface area contributed by atoms with E-state index >= 15 is 0 Å². The molecule has 2 amide bonds. The summed E-state index contributed by atoms with van der Waals surface area (Å²) in [6.07, 6.45) is 17.2. The highest BCUT2D eigenvalue weighted by atomic mass is 16.5. The molecule has 0 bridgehead atoms. The second-order valence-corrected chi connectivity index (χ2v) is 12.5. The molecule has 0 saturated carbocycles. The molecular weight excluding hydrogens is 620 g/mol. The van der Waals surface area contributed by atoms with Crippen LogP contribution in [0.15, 0.2) is 48.5 Å². The molecule has 9 heteroatoms. The van der Waals surface area contributed by atoms with E-state index in [0.29, 0.717) is 36.6 Å². The quantitative estimate of drug-likeness (QED) is 0.0548. The summed E-state index contributed by atoms with van der Waals surface area (Å²) in [6, 6.07) is 14.3. The topological polar surface area (TPSA) is 120 Å². The van der Waals surface area contributed by atoms with E-state index in [9.17, 15) is 19.2 Å². The zero-order valence-corrected chi connectivity index (χ0v) is 30.2. The largest absolute Gasteiger partial charge is 0.491 e. The van der Waals surface area contributed by atoms with E-state index < -0.39 is 17.8 Å². The lowest BCUT2D eigenvalue weighted by molar-refractivity contribution is -0.151. The van der Waals surface area contributed by atoms with E-state index in [1.54, 1.807) is 32.0 Å². The summed E-state index contributed by atoms with van der Waals surface area (Å²) < 4.78 is 16.1. The van der Waals surface area contributed by atoms with Gasteiger partial charge in [0.1, 0.15) is 11.7 Å². The van der Waals surface area contributed by atoms with Crippen molar-refractivity contribution in [3.63, 3.8) is 0 Å². The lowest BCUT2D eigenvalue weighted by atomic mass is 9.98. The van der Waals surface area contributed by atoms with Gasteiger partial charge in [-0.15, -0.1) is 0 Å². The molecule has 0 aliphatic carbocycles. The van der Waals surface area contributed by atoms with Gasteiger partial charge in [-0.25, -0.2) is 0 Å². The van der Waals surface area contributed by atoms with E-state index in [2.05, 4.69) is 17.6 Å². The molecule has 0 spiro atoms. The predicted octanol–water partition coefficient (Wildman–Crippen LogP) is 9.19. The Balaban J connectivity index is 1.95. The van der Waals surface area contributed by atoms with Gasteiger partial charge in [-0.05, 0) is 56.9 Å². The summed E-state index contributed by atoms with van der Waals surface area (Å²) >= 11 is 0. The van der Waals surface area contributed by atoms with Gasteiger partial charge in [-0.2, -0.15) is 0 Å². The summed E-state index contributed by atoms with van der Waals surface area (Å²) in [5.41, 5.74) is 1.65. The minimum Gasteiger partial charge on any atom is -0.491 e. The molecule has 1 atom stereocenters. The molecule has 0 fully saturated rings. The van der Waals surface area contributed by atoms with Crippen LogP contribution >= 0.6 is 0 Å². The van der Waals surface area contributed by atoms with E-state index in [0.717, 1.165) is 24.8 Å². The fourth-order valence-electron chi connectivity index (χ4n) is 5.58. The van der Waals surface area contributed by atoms with Crippen LogP contribution in [-0.2, 0) is 35.1 Å². The van der Waals surface area contributed by atoms with Crippen LogP contribution in [0.3, 0.4) is 0 Å². The van der Waals surface area contributed by atoms with Gasteiger partial charge in [0, 0.05) is 18.5 Å². The van der Waals surface area contributed by atoms with E-state index in [-0.39, 0.29) is 37.9 Å². The van der Waals surface area contributed by atoms with Crippen molar-refractivity contribution in [1.29, 1.82) is 0 Å². The minimum absolute atomic E-state index is 0.142. The number of hydrogen-bond donors (Lipinski definition) is 2. The van der Waals surface area contributed by atoms with Crippen molar-refractivity contribution in [2.75, 3.05) is 30.5 Å². The molecule has 2 aromatic carbocycles. The minimum atomic E-state index is -1.05. The Morgan fingerprint density at radius 2 is 1.27 bits per heavy atom. The number of rotatable bonds is 27. The summed E-state index contributed by atoms with van der Waals surface area (Å²) in [7, 11) is 0. The first-order valence-corrected chi connectivity index (χ1v) is 18.6. The maximum absolute atomic E-state index is 13.4. The SMILES string of the molecule is CCCCCCCCCCCCCCCC(=O)Nc1cc(NC(=O)C(Cc2ccccc2)C(=O)OCC)ccc1OCCCC(=O)OCC. The Morgan fingerprint density at radius 3 is 1.88 bits per heavy atom. The van der Waals surface area contributed by atoms with Crippen molar-refractivity contribution >= 4 is 35.1 Å². The van der Waals surface area contributed by atoms with Gasteiger partial charge in [0.15, 0.2) is 0 Å². The van der Waals surface area contributed by atoms with Crippen molar-refractivity contribution in [3.8, 4) is 5.75 Å². The summed E-state index contributed by atoms with van der Waals surface area (Å²) in [5, 5.41) is 5.78. The first-order valence-electron chi connectivity index (χ1n) is 18.6. The van der Waals surface area contributed by atoms with E-state index in [1.165, 1.54) is 64.2 Å². The summed E-state index contributed by atoms with van der Waals surface area (Å²) in [5.74, 6) is -2.16. The Hall–Kier alpha value is -3.88. The predicted molar refractivity (Wildman–Crippen MR) is 196 cm³/mol. The maximum Gasteiger partial charge on any atom is 0.318 e. The van der Waals surface area contributed by atoms with Gasteiger partial charge >= 0.3 is 11.9 Å². The first-order chi connectivity index (χ1) is 23.9. The normalized spacial score (nSPS) is 11.4. The van der Waals surface area contributed by atoms with Crippen molar-refractivity contribution in [2.24, 2.45) is 5.92 Å². The van der Waals surface area contributed by atoms with Crippen LogP contribution in [0.5, 0.6) is 5.75 Å². The van der Waals surface area contributed by atoms with Gasteiger partial charge in [0.25, 0.3) is 0 Å². The molecule has 0 aromatic heterocycles. The average molecular weight is 681 g/mol. The van der Waals surface area contributed by atoms with Crippen LogP contribution in [0.1, 0.15) is 129 Å². The highest BCUT2D eigenvalue weighted by Gasteiger charge is 2.28. The Kier molecular flexibility index (Phi) is 21.9. The van der Waals surface area contributed by atoms with Crippen LogP contribution < -0.4 is 15.4 Å². The fourth-order valence-corrected chi connectivity index (χ4v) is 5.58. The zero-order valence-electron chi connectivity index (χ0n) is 30.2. The maximum atomic E-state index is 13.4. The molecule has 272 valence electrons. The standard InChI is InChI=1S/C40H60N2O7/c1-4-7-8-9-10-11-12-13-14-15-16-17-21-25-37(43)42-35-31-33(27-28-36(35)49-29-22-26-38(44)47-5-2)41-39(45)34(40(46)48-6-3)30-32-23-19-18-20-24-32/h18-20,23-24,27-28,31,34H,4-17,21-22,25-26,29-30H2,1-3H3,(H,41,45)(H,42,43). The molecule has 9 nitrogen and oxygen atoms in total. The lowest BCUT2D eigenvalue weighted by Crippen LogP contribution is -2.33. The molecule has 2 rings (SSSR count). The van der Waals surface area contributed by atoms with Gasteiger partial charge in [-0.1, -0.05) is 114 Å². The zero-order chi connectivity index (χ0) is 35.5. The highest BCUT2D eigenvalue weighted by molar-refractivity contribution is 6.05. The number of nitrogens with one attached hydrogen (secondary N) is 2. The number of anilines is 2. The average Bonchev–Trinajstić information content (AvgIpc) is 3.09. The molecule has 0 heterocycles. The van der Waals surface area contributed by atoms with E-state index in [1.807, 2.05) is 30.3 Å². The number of unbranched alkanes of at least 4 members (excludes halogenated alkanes) is 12. The third-order valence-corrected chi connectivity index (χ3v) is 8.29. The number of amides is 2. The van der Waals surface area contributed by atoms with Crippen LogP contribution in [0, 0.1) is 5.92 Å². The monoisotopic (exact) mass is 680 g/mol. The smallest absolute Gasteiger partial charge is 0.318 e. The number of ether oxygens (including phenoxy) is 3. The lowest BCUT2D eigenvalue weighted by Gasteiger charge is -2.18. The second-order valence-electron chi connectivity index (χ2n) is 12.5. The summed E-state index contributed by atoms with van der Waals surface area (Å²) in [4.78, 5) is 50.8. The molecular formula is C40H60N2O7. The van der Waals surface area contributed by atoms with E-state index in [4.69, 9.17) is 14.2 Å². The molecule has 0 aliphatic heterocycles. The molecule has 2 aromatic rings. The van der Waals surface area contributed by atoms with Gasteiger partial charge < -0.3 is 24.8 Å². The van der Waals surface area contributed by atoms with Gasteiger partial charge in [-0.3, -0.25) is 19.2 Å². The Labute approximate surface area is 294 Å². The molecule has 0 saturated heterocycles. The molecule has 2 N–H and O–H groups in total. The number of carbonyl (C=O) groups excluding carboxylic acids is 4. The van der Waals surface area contributed by atoms with Crippen LogP contribution in [-0.4, -0.2) is 43.6 Å². The summed E-state index contributed by atoms with van der Waals surface area (Å²) in [6.45, 7) is 6.44. The van der Waals surface area contributed by atoms with Crippen molar-refractivity contribution < 1.29 is 33.4 Å². The van der Waals surface area contributed by atoms with Crippen molar-refractivity contribution in [3.05, 3.63) is 54.1 Å². The number of carbonyl (C=O) groups is 4. The highest BCUT2D eigenvalue weighted by Crippen LogP contribution is 2.29. The molecule has 49 heavy (non-hydrogen) atoms. The number of benzene rings is 2. The number of hydrogen-bond acceptors (Lipinski definition) is 7. The Bertz CT molecular complexity index is 1230. The van der Waals surface area contributed by atoms with Gasteiger partial charge in [0.2, 0.25) is 11.8 Å². The fraction of sp³-hybridized carbons (Fsp3) is 0.600. The van der Waals surface area contributed by atoms with Gasteiger partial charge in [0.05, 0.1) is 25.5 Å². The number of esters is 2. The molecule has 0 aliphatic rings. The second kappa shape index (κ2) is 26.0. The van der Waals surface area contributed by atoms with Crippen LogP contribution in [0.2, 0.25) is 0 Å². The van der Waals surface area contributed by atoms with Crippen LogP contribution in [0.4, 0.5) is 11.4 Å². The van der Waals surface area contributed by atoms with Crippen molar-refractivity contribution in [2.45, 2.75) is 130 Å². The third kappa shape index (κ3) is 18.5. The Morgan fingerprint density at radius 1 is 0.653 bits per heavy atom. The molecule has 0 radical (unpaired) electrons. The molecule has 1 unspecified atom stereocenters. The third-order valence-electron chi connectivity index (χ3n) is 8.29.